The second kappa shape index (κ2) is 6.80. The third-order valence-electron chi connectivity index (χ3n) is 3.03. The van der Waals surface area contributed by atoms with E-state index in [1.54, 1.807) is 18.2 Å². The summed E-state index contributed by atoms with van der Waals surface area (Å²) in [6.45, 7) is 3.61. The molecule has 6 nitrogen and oxygen atoms in total. The Morgan fingerprint density at radius 3 is 2.39 bits per heavy atom. The van der Waals surface area contributed by atoms with Crippen LogP contribution in [0, 0.1) is 10.1 Å². The number of hydrogen-bond donors (Lipinski definition) is 0. The van der Waals surface area contributed by atoms with Gasteiger partial charge in [-0.3, -0.25) is 14.4 Å². The molecule has 0 radical (unpaired) electrons. The van der Waals surface area contributed by atoms with Gasteiger partial charge in [-0.1, -0.05) is 23.7 Å². The number of hydrogen-bond acceptors (Lipinski definition) is 4. The fourth-order valence-electron chi connectivity index (χ4n) is 1.96. The molecule has 2 aromatic carbocycles. The van der Waals surface area contributed by atoms with Gasteiger partial charge >= 0.3 is 0 Å². The Balaban J connectivity index is 2.48. The molecule has 0 aliphatic heterocycles. The average molecular weight is 353 g/mol. The molecule has 0 aliphatic carbocycles. The van der Waals surface area contributed by atoms with Crippen molar-refractivity contribution in [3.8, 4) is 0 Å². The van der Waals surface area contributed by atoms with Gasteiger partial charge in [-0.05, 0) is 30.3 Å². The summed E-state index contributed by atoms with van der Waals surface area (Å²) in [5.41, 5.74) is 0.206. The van der Waals surface area contributed by atoms with Crippen LogP contribution in [0.15, 0.2) is 66.1 Å². The van der Waals surface area contributed by atoms with Gasteiger partial charge in [0.25, 0.3) is 15.7 Å². The van der Waals surface area contributed by atoms with E-state index in [0.29, 0.717) is 10.7 Å². The van der Waals surface area contributed by atoms with Crippen molar-refractivity contribution in [1.29, 1.82) is 0 Å². The molecule has 120 valence electrons. The van der Waals surface area contributed by atoms with Crippen LogP contribution in [0.5, 0.6) is 0 Å². The Hall–Kier alpha value is -2.38. The first-order valence-electron chi connectivity index (χ1n) is 6.50. The number of anilines is 1. The number of non-ortho nitro benzene ring substituents is 1. The van der Waals surface area contributed by atoms with Crippen molar-refractivity contribution in [2.45, 2.75) is 4.90 Å². The fraction of sp³-hybridized carbons (Fsp3) is 0.0667. The highest BCUT2D eigenvalue weighted by Gasteiger charge is 2.24. The lowest BCUT2D eigenvalue weighted by atomic mass is 10.3. The van der Waals surface area contributed by atoms with E-state index in [0.717, 1.165) is 16.4 Å². The number of benzene rings is 2. The molecular formula is C15H13ClN2O4S. The predicted octanol–water partition coefficient (Wildman–Crippen LogP) is 3.63. The lowest BCUT2D eigenvalue weighted by Gasteiger charge is -2.23. The minimum absolute atomic E-state index is 0.0413. The summed E-state index contributed by atoms with van der Waals surface area (Å²) >= 11 is 5.92. The molecule has 0 aliphatic rings. The molecular weight excluding hydrogens is 340 g/mol. The van der Waals surface area contributed by atoms with Crippen LogP contribution in [0.2, 0.25) is 5.02 Å². The van der Waals surface area contributed by atoms with E-state index in [2.05, 4.69) is 6.58 Å². The van der Waals surface area contributed by atoms with Crippen LogP contribution in [0.4, 0.5) is 11.4 Å². The van der Waals surface area contributed by atoms with Crippen molar-refractivity contribution >= 4 is 33.0 Å². The van der Waals surface area contributed by atoms with Gasteiger partial charge in [0.05, 0.1) is 22.1 Å². The van der Waals surface area contributed by atoms with Gasteiger partial charge in [0, 0.05) is 17.2 Å². The number of nitro benzene ring substituents is 1. The topological polar surface area (TPSA) is 80.5 Å². The SMILES string of the molecule is C=CCN(c1cccc(Cl)c1)S(=O)(=O)c1ccc([N+](=O)[O-])cc1. The first-order chi connectivity index (χ1) is 10.9. The molecule has 0 saturated heterocycles. The van der Waals surface area contributed by atoms with Crippen molar-refractivity contribution < 1.29 is 13.3 Å². The summed E-state index contributed by atoms with van der Waals surface area (Å²) in [6, 6.07) is 11.1. The molecule has 0 spiro atoms. The van der Waals surface area contributed by atoms with E-state index < -0.39 is 14.9 Å². The summed E-state index contributed by atoms with van der Waals surface area (Å²) in [5, 5.41) is 11.1. The maximum atomic E-state index is 12.8. The Kier molecular flexibility index (Phi) is 5.02. The van der Waals surface area contributed by atoms with E-state index in [4.69, 9.17) is 11.6 Å². The zero-order valence-electron chi connectivity index (χ0n) is 11.9. The molecule has 0 unspecified atom stereocenters. The van der Waals surface area contributed by atoms with Gasteiger partial charge < -0.3 is 0 Å². The van der Waals surface area contributed by atoms with Crippen LogP contribution in [-0.2, 0) is 10.0 Å². The molecule has 2 aromatic rings. The van der Waals surface area contributed by atoms with Gasteiger partial charge in [0.2, 0.25) is 0 Å². The fourth-order valence-corrected chi connectivity index (χ4v) is 3.57. The summed E-state index contributed by atoms with van der Waals surface area (Å²) in [4.78, 5) is 10.0. The van der Waals surface area contributed by atoms with Crippen LogP contribution in [0.25, 0.3) is 0 Å². The quantitative estimate of drug-likeness (QED) is 0.451. The maximum absolute atomic E-state index is 12.8. The number of sulfonamides is 1. The van der Waals surface area contributed by atoms with Crippen LogP contribution in [0.3, 0.4) is 0 Å². The Bertz CT molecular complexity index is 835. The summed E-state index contributed by atoms with van der Waals surface area (Å²) in [6.07, 6.45) is 1.45. The third kappa shape index (κ3) is 3.69. The highest BCUT2D eigenvalue weighted by atomic mass is 35.5. The van der Waals surface area contributed by atoms with Crippen LogP contribution >= 0.6 is 11.6 Å². The lowest BCUT2D eigenvalue weighted by molar-refractivity contribution is -0.384. The van der Waals surface area contributed by atoms with Gasteiger partial charge in [-0.25, -0.2) is 8.42 Å². The monoisotopic (exact) mass is 352 g/mol. The maximum Gasteiger partial charge on any atom is 0.269 e. The molecule has 0 amide bonds. The molecule has 0 fully saturated rings. The van der Waals surface area contributed by atoms with Crippen molar-refractivity contribution in [3.05, 3.63) is 76.3 Å². The van der Waals surface area contributed by atoms with E-state index in [-0.39, 0.29) is 17.1 Å². The number of rotatable bonds is 6. The zero-order chi connectivity index (χ0) is 17.0. The highest BCUT2D eigenvalue weighted by molar-refractivity contribution is 7.92. The van der Waals surface area contributed by atoms with Gasteiger partial charge in [0.1, 0.15) is 0 Å². The molecule has 8 heteroatoms. The minimum atomic E-state index is -3.89. The van der Waals surface area contributed by atoms with Crippen LogP contribution in [-0.4, -0.2) is 19.9 Å². The van der Waals surface area contributed by atoms with Crippen molar-refractivity contribution in [3.63, 3.8) is 0 Å². The first-order valence-corrected chi connectivity index (χ1v) is 8.31. The molecule has 0 heterocycles. The van der Waals surface area contributed by atoms with Gasteiger partial charge in [0.15, 0.2) is 0 Å². The van der Waals surface area contributed by atoms with E-state index in [9.17, 15) is 18.5 Å². The van der Waals surface area contributed by atoms with Gasteiger partial charge in [-0.15, -0.1) is 6.58 Å². The Morgan fingerprint density at radius 1 is 1.22 bits per heavy atom. The average Bonchev–Trinajstić information content (AvgIpc) is 2.52. The molecule has 2 rings (SSSR count). The molecule has 0 atom stereocenters. The summed E-state index contributed by atoms with van der Waals surface area (Å²) in [7, 11) is -3.89. The third-order valence-corrected chi connectivity index (χ3v) is 5.07. The van der Waals surface area contributed by atoms with Gasteiger partial charge in [-0.2, -0.15) is 0 Å². The first kappa shape index (κ1) is 17.0. The zero-order valence-corrected chi connectivity index (χ0v) is 13.5. The Labute approximate surface area is 138 Å². The highest BCUT2D eigenvalue weighted by Crippen LogP contribution is 2.27. The number of halogens is 1. The van der Waals surface area contributed by atoms with E-state index in [1.807, 2.05) is 0 Å². The number of nitro groups is 1. The molecule has 23 heavy (non-hydrogen) atoms. The van der Waals surface area contributed by atoms with E-state index >= 15 is 0 Å². The molecule has 0 N–H and O–H groups in total. The van der Waals surface area contributed by atoms with Crippen LogP contribution < -0.4 is 4.31 Å². The van der Waals surface area contributed by atoms with Crippen molar-refractivity contribution in [2.24, 2.45) is 0 Å². The largest absolute Gasteiger partial charge is 0.269 e. The minimum Gasteiger partial charge on any atom is -0.262 e. The normalized spacial score (nSPS) is 11.0. The molecule has 0 aromatic heterocycles. The second-order valence-corrected chi connectivity index (χ2v) is 6.85. The predicted molar refractivity (Wildman–Crippen MR) is 89.3 cm³/mol. The molecule has 0 saturated carbocycles. The van der Waals surface area contributed by atoms with Crippen molar-refractivity contribution in [1.82, 2.24) is 0 Å². The Morgan fingerprint density at radius 2 is 1.87 bits per heavy atom. The van der Waals surface area contributed by atoms with Crippen LogP contribution in [0.1, 0.15) is 0 Å². The van der Waals surface area contributed by atoms with E-state index in [1.165, 1.54) is 24.3 Å². The standard InChI is InChI=1S/C15H13ClN2O4S/c1-2-10-17(14-5-3-4-12(16)11-14)23(21,22)15-8-6-13(7-9-15)18(19)20/h2-9,11H,1,10H2. The summed E-state index contributed by atoms with van der Waals surface area (Å²) < 4.78 is 26.7. The second-order valence-electron chi connectivity index (χ2n) is 4.56. The smallest absolute Gasteiger partial charge is 0.262 e. The van der Waals surface area contributed by atoms with Crippen molar-refractivity contribution in [2.75, 3.05) is 10.8 Å². The lowest BCUT2D eigenvalue weighted by Crippen LogP contribution is -2.31. The summed E-state index contributed by atoms with van der Waals surface area (Å²) in [5.74, 6) is 0. The number of nitrogens with zero attached hydrogens (tertiary/aromatic N) is 2. The molecule has 0 bridgehead atoms.